The molecule has 96 valence electrons. The average Bonchev–Trinajstić information content (AvgIpc) is 2.79. The SMILES string of the molecule is NCOc1ccccc1-c1csc(C(F)(F)F)n1. The van der Waals surface area contributed by atoms with Gasteiger partial charge in [-0.1, -0.05) is 12.1 Å². The van der Waals surface area contributed by atoms with Crippen LogP contribution >= 0.6 is 11.3 Å². The molecule has 0 aliphatic heterocycles. The van der Waals surface area contributed by atoms with Crippen LogP contribution in [0.3, 0.4) is 0 Å². The van der Waals surface area contributed by atoms with Gasteiger partial charge >= 0.3 is 6.18 Å². The van der Waals surface area contributed by atoms with E-state index in [2.05, 4.69) is 4.98 Å². The van der Waals surface area contributed by atoms with Crippen molar-refractivity contribution in [1.82, 2.24) is 4.98 Å². The maximum Gasteiger partial charge on any atom is 0.443 e. The summed E-state index contributed by atoms with van der Waals surface area (Å²) in [5.41, 5.74) is 5.99. The van der Waals surface area contributed by atoms with E-state index in [1.165, 1.54) is 5.38 Å². The zero-order valence-electron chi connectivity index (χ0n) is 9.07. The Balaban J connectivity index is 2.40. The molecule has 2 rings (SSSR count). The fourth-order valence-corrected chi connectivity index (χ4v) is 2.11. The fourth-order valence-electron chi connectivity index (χ4n) is 1.42. The maximum absolute atomic E-state index is 12.5. The van der Waals surface area contributed by atoms with Crippen LogP contribution in [0.15, 0.2) is 29.6 Å². The molecular formula is C11H9F3N2OS. The Morgan fingerprint density at radius 3 is 2.61 bits per heavy atom. The van der Waals surface area contributed by atoms with Gasteiger partial charge in [0.15, 0.2) is 5.01 Å². The van der Waals surface area contributed by atoms with Crippen LogP contribution < -0.4 is 10.5 Å². The number of hydrogen-bond donors (Lipinski definition) is 1. The van der Waals surface area contributed by atoms with Crippen LogP contribution in [0.4, 0.5) is 13.2 Å². The molecule has 1 aromatic carbocycles. The summed E-state index contributed by atoms with van der Waals surface area (Å²) < 4.78 is 42.5. The smallest absolute Gasteiger partial charge is 0.443 e. The number of nitrogens with zero attached hydrogens (tertiary/aromatic N) is 1. The van der Waals surface area contributed by atoms with E-state index in [4.69, 9.17) is 10.5 Å². The fraction of sp³-hybridized carbons (Fsp3) is 0.182. The lowest BCUT2D eigenvalue weighted by atomic mass is 10.1. The number of ether oxygens (including phenoxy) is 1. The molecule has 0 radical (unpaired) electrons. The molecule has 18 heavy (non-hydrogen) atoms. The monoisotopic (exact) mass is 274 g/mol. The van der Waals surface area contributed by atoms with E-state index < -0.39 is 11.2 Å². The molecule has 0 spiro atoms. The van der Waals surface area contributed by atoms with Crippen LogP contribution in [-0.4, -0.2) is 11.7 Å². The molecule has 0 aliphatic carbocycles. The molecular weight excluding hydrogens is 265 g/mol. The van der Waals surface area contributed by atoms with Crippen molar-refractivity contribution in [3.63, 3.8) is 0 Å². The number of nitrogens with two attached hydrogens (primary N) is 1. The first-order chi connectivity index (χ1) is 8.52. The Labute approximate surface area is 105 Å². The summed E-state index contributed by atoms with van der Waals surface area (Å²) in [6, 6.07) is 6.69. The minimum atomic E-state index is -4.42. The second-order valence-electron chi connectivity index (χ2n) is 3.34. The number of aromatic nitrogens is 1. The average molecular weight is 274 g/mol. The number of benzene rings is 1. The van der Waals surface area contributed by atoms with Crippen LogP contribution in [0, 0.1) is 0 Å². The van der Waals surface area contributed by atoms with Gasteiger partial charge in [-0.3, -0.25) is 5.73 Å². The van der Waals surface area contributed by atoms with Crippen molar-refractivity contribution in [2.45, 2.75) is 6.18 Å². The van der Waals surface area contributed by atoms with Gasteiger partial charge in [0, 0.05) is 10.9 Å². The molecule has 2 aromatic rings. The molecule has 0 bridgehead atoms. The molecule has 1 aromatic heterocycles. The Kier molecular flexibility index (Phi) is 3.53. The molecule has 0 amide bonds. The van der Waals surface area contributed by atoms with Gasteiger partial charge in [-0.15, -0.1) is 11.3 Å². The van der Waals surface area contributed by atoms with Gasteiger partial charge < -0.3 is 4.74 Å². The van der Waals surface area contributed by atoms with Crippen molar-refractivity contribution < 1.29 is 17.9 Å². The van der Waals surface area contributed by atoms with E-state index in [0.717, 1.165) is 0 Å². The molecule has 2 N–H and O–H groups in total. The molecule has 0 aliphatic rings. The molecule has 0 atom stereocenters. The van der Waals surface area contributed by atoms with E-state index in [1.54, 1.807) is 24.3 Å². The zero-order valence-corrected chi connectivity index (χ0v) is 9.89. The van der Waals surface area contributed by atoms with Gasteiger partial charge in [-0.2, -0.15) is 13.2 Å². The van der Waals surface area contributed by atoms with Crippen molar-refractivity contribution in [3.8, 4) is 17.0 Å². The standard InChI is InChI=1S/C11H9F3N2OS/c12-11(13,14)10-16-8(5-18-10)7-3-1-2-4-9(7)17-6-15/h1-5H,6,15H2. The first-order valence-electron chi connectivity index (χ1n) is 4.97. The van der Waals surface area contributed by atoms with Crippen molar-refractivity contribution in [2.24, 2.45) is 5.73 Å². The summed E-state index contributed by atoms with van der Waals surface area (Å²) in [6.07, 6.45) is -4.42. The van der Waals surface area contributed by atoms with E-state index in [0.29, 0.717) is 22.6 Å². The molecule has 0 fully saturated rings. The van der Waals surface area contributed by atoms with Crippen LogP contribution in [-0.2, 0) is 6.18 Å². The normalized spacial score (nSPS) is 11.6. The summed E-state index contributed by atoms with van der Waals surface area (Å²) in [5, 5.41) is 0.474. The maximum atomic E-state index is 12.5. The Morgan fingerprint density at radius 2 is 2.00 bits per heavy atom. The Bertz CT molecular complexity index is 539. The van der Waals surface area contributed by atoms with E-state index in [1.807, 2.05) is 0 Å². The van der Waals surface area contributed by atoms with E-state index >= 15 is 0 Å². The summed E-state index contributed by atoms with van der Waals surface area (Å²) in [7, 11) is 0. The molecule has 0 saturated heterocycles. The summed E-state index contributed by atoms with van der Waals surface area (Å²) in [6.45, 7) is -0.0483. The van der Waals surface area contributed by atoms with Gasteiger partial charge in [-0.25, -0.2) is 4.98 Å². The second kappa shape index (κ2) is 4.95. The molecule has 7 heteroatoms. The summed E-state index contributed by atoms with van der Waals surface area (Å²) >= 11 is 0.555. The highest BCUT2D eigenvalue weighted by atomic mass is 32.1. The largest absolute Gasteiger partial charge is 0.478 e. The first-order valence-corrected chi connectivity index (χ1v) is 5.85. The Hall–Kier alpha value is -1.60. The van der Waals surface area contributed by atoms with Crippen LogP contribution in [0.1, 0.15) is 5.01 Å². The second-order valence-corrected chi connectivity index (χ2v) is 4.20. The highest BCUT2D eigenvalue weighted by Crippen LogP contribution is 2.36. The minimum Gasteiger partial charge on any atom is -0.478 e. The van der Waals surface area contributed by atoms with Gasteiger partial charge in [0.2, 0.25) is 0 Å². The first kappa shape index (κ1) is 12.8. The lowest BCUT2D eigenvalue weighted by Crippen LogP contribution is -2.08. The van der Waals surface area contributed by atoms with Crippen LogP contribution in [0.5, 0.6) is 5.75 Å². The summed E-state index contributed by atoms with van der Waals surface area (Å²) in [4.78, 5) is 3.57. The van der Waals surface area contributed by atoms with Gasteiger partial charge in [0.05, 0.1) is 5.69 Å². The lowest BCUT2D eigenvalue weighted by Gasteiger charge is -2.07. The van der Waals surface area contributed by atoms with Gasteiger partial charge in [0.25, 0.3) is 0 Å². The predicted octanol–water partition coefficient (Wildman–Crippen LogP) is 3.12. The highest BCUT2D eigenvalue weighted by molar-refractivity contribution is 7.10. The van der Waals surface area contributed by atoms with E-state index in [9.17, 15) is 13.2 Å². The highest BCUT2D eigenvalue weighted by Gasteiger charge is 2.34. The Morgan fingerprint density at radius 1 is 1.28 bits per heavy atom. The minimum absolute atomic E-state index is 0.0483. The third-order valence-corrected chi connectivity index (χ3v) is 3.04. The number of thiazole rings is 1. The number of hydrogen-bond acceptors (Lipinski definition) is 4. The number of alkyl halides is 3. The third kappa shape index (κ3) is 2.62. The van der Waals surface area contributed by atoms with Crippen molar-refractivity contribution in [3.05, 3.63) is 34.7 Å². The topological polar surface area (TPSA) is 48.1 Å². The van der Waals surface area contributed by atoms with Gasteiger partial charge in [-0.05, 0) is 12.1 Å². The van der Waals surface area contributed by atoms with Crippen molar-refractivity contribution in [2.75, 3.05) is 6.73 Å². The molecule has 3 nitrogen and oxygen atoms in total. The quantitative estimate of drug-likeness (QED) is 0.875. The lowest BCUT2D eigenvalue weighted by molar-refractivity contribution is -0.137. The van der Waals surface area contributed by atoms with Crippen molar-refractivity contribution >= 4 is 11.3 Å². The third-order valence-electron chi connectivity index (χ3n) is 2.15. The number of rotatable bonds is 3. The van der Waals surface area contributed by atoms with Crippen LogP contribution in [0.2, 0.25) is 0 Å². The van der Waals surface area contributed by atoms with Crippen LogP contribution in [0.25, 0.3) is 11.3 Å². The molecule has 0 saturated carbocycles. The van der Waals surface area contributed by atoms with E-state index in [-0.39, 0.29) is 12.4 Å². The predicted molar refractivity (Wildman–Crippen MR) is 62.2 cm³/mol. The van der Waals surface area contributed by atoms with Gasteiger partial charge in [0.1, 0.15) is 12.5 Å². The summed E-state index contributed by atoms with van der Waals surface area (Å²) in [5.74, 6) is 0.416. The molecule has 1 heterocycles. The number of halogens is 3. The molecule has 0 unspecified atom stereocenters. The van der Waals surface area contributed by atoms with Crippen molar-refractivity contribution in [1.29, 1.82) is 0 Å². The zero-order chi connectivity index (χ0) is 13.2. The number of para-hydroxylation sites is 1.